The molecule has 13 rings (SSSR count). The molecule has 33 heteroatoms. The molecular formula is C79H112F2N8O23. The summed E-state index contributed by atoms with van der Waals surface area (Å²) in [4.78, 5) is 67.7. The first kappa shape index (κ1) is 87.2. The number of carbonyl (C=O) groups excluding carboxylic acids is 5. The molecule has 0 aromatic heterocycles. The second kappa shape index (κ2) is 39.4. The summed E-state index contributed by atoms with van der Waals surface area (Å²) in [7, 11) is 3.19. The number of likely N-dealkylation sites (N-methyl/N-ethyl adjacent to an activating group) is 2. The number of ether oxygens (including phenoxy) is 15. The number of hydrogen-bond donors (Lipinski definition) is 10. The van der Waals surface area contributed by atoms with Crippen LogP contribution in [-0.4, -0.2) is 249 Å². The Hall–Kier alpha value is -7.23. The predicted molar refractivity (Wildman–Crippen MR) is 397 cm³/mol. The zero-order chi connectivity index (χ0) is 78.2. The number of aliphatic hydroxyl groups is 3. The minimum atomic E-state index is -2.16. The number of aliphatic hydroxyl groups excluding tert-OH is 3. The number of halogens is 2. The third-order valence-electron chi connectivity index (χ3n) is 22.0. The first-order valence-electron chi connectivity index (χ1n) is 37.8. The number of amides is 3. The van der Waals surface area contributed by atoms with E-state index >= 15 is 8.78 Å². The fraction of sp³-hybridized carbons (Fsp3) is 0.633. The summed E-state index contributed by atoms with van der Waals surface area (Å²) < 4.78 is 124. The molecule has 0 radical (unpaired) electrons. The van der Waals surface area contributed by atoms with E-state index in [1.807, 2.05) is 19.1 Å². The van der Waals surface area contributed by atoms with E-state index in [2.05, 4.69) is 36.7 Å². The number of alkyl halides is 2. The van der Waals surface area contributed by atoms with Crippen molar-refractivity contribution in [2.75, 3.05) is 20.7 Å². The molecule has 7 heterocycles. The first-order chi connectivity index (χ1) is 52.9. The molecule has 7 saturated heterocycles. The van der Waals surface area contributed by atoms with Gasteiger partial charge in [-0.2, -0.15) is 0 Å². The molecule has 0 bridgehead atoms. The van der Waals surface area contributed by atoms with Crippen molar-refractivity contribution in [3.8, 4) is 0 Å². The summed E-state index contributed by atoms with van der Waals surface area (Å²) >= 11 is 0. The Balaban J connectivity index is 0.000000252. The van der Waals surface area contributed by atoms with Crippen LogP contribution in [0.2, 0.25) is 0 Å². The van der Waals surface area contributed by atoms with Crippen LogP contribution in [0.15, 0.2) is 121 Å². The van der Waals surface area contributed by atoms with Gasteiger partial charge in [-0.1, -0.05) is 140 Å². The van der Waals surface area contributed by atoms with Crippen LogP contribution in [0.3, 0.4) is 0 Å². The number of benzene rings is 4. The van der Waals surface area contributed by atoms with Crippen LogP contribution in [0, 0.1) is 17.8 Å². The molecule has 0 spiro atoms. The standard InChI is InChI=1S/C49H60FN3O13.C28H44FN5O10.2CH4/c1-6-35-27(2)22-28(3)44(60-35)66-46-38-42(65-49(57)53(38)5)41-36(61-46)23-29(4)45(64-41)63-40-34(52-48(56)59-26-31-18-12-8-13-19-31)24-33(51-47(55)58-25-30-16-10-7-11-17-30)39(37(40)50)62-43(54)32-20-14-9-15-21-32;1-34-20-21(37)24-17(39-28(20)44-27-16(36)8-12(30)18(10-35)40-27)9-15(33)26(43-24)42-23-14(32)7-13(31)22(19(23)29)41-25(38)11-5-3-2-4-6-11;;/h7-21,27-29,33-42,44-46H,6,22-26H2,1-5H3,(H,51,55)(H,52,56);2-6,12-24,26-28,34-37H,7-10,30-33H2,1H3;2*1H4/t27-,28?,29?,33+,34?,35?,36-,37+,38?,39?,40+,41?,42?,44+,45-,46?;12-,13+,14?,15?,16?,17-,18?,19+,20?,21?,22?,23+,24?,26-,27+,28?;;/m00../s1. The van der Waals surface area contributed by atoms with Crippen molar-refractivity contribution >= 4 is 30.2 Å². The van der Waals surface area contributed by atoms with Crippen LogP contribution in [-0.2, 0) is 84.3 Å². The number of rotatable bonds is 21. The molecule has 4 aromatic rings. The number of esters is 2. The minimum absolute atomic E-state index is 0. The number of nitrogens with one attached hydrogen (secondary N) is 3. The second-order valence-corrected chi connectivity index (χ2v) is 30.0. The maximum absolute atomic E-state index is 17.6. The highest BCUT2D eigenvalue weighted by Crippen LogP contribution is 2.45. The monoisotopic (exact) mass is 1580 g/mol. The lowest BCUT2D eigenvalue weighted by molar-refractivity contribution is -0.367. The largest absolute Gasteiger partial charge is 0.454 e. The van der Waals surface area contributed by atoms with Gasteiger partial charge in [0, 0.05) is 37.0 Å². The molecule has 2 saturated carbocycles. The molecule has 32 atom stereocenters. The molecule has 112 heavy (non-hydrogen) atoms. The summed E-state index contributed by atoms with van der Waals surface area (Å²) in [6.07, 6.45) is -23.0. The fourth-order valence-electron chi connectivity index (χ4n) is 16.1. The topological polar surface area (TPSA) is 428 Å². The summed E-state index contributed by atoms with van der Waals surface area (Å²) in [6, 6.07) is 27.2. The zero-order valence-electron chi connectivity index (χ0n) is 62.1. The number of carbonyl (C=O) groups is 5. The van der Waals surface area contributed by atoms with E-state index in [1.54, 1.807) is 111 Å². The van der Waals surface area contributed by atoms with Crippen molar-refractivity contribution < 1.29 is 119 Å². The number of alkyl carbamates (subject to hydrolysis) is 2. The second-order valence-electron chi connectivity index (χ2n) is 30.0. The van der Waals surface area contributed by atoms with Crippen molar-refractivity contribution in [3.05, 3.63) is 144 Å². The van der Waals surface area contributed by atoms with E-state index < -0.39 is 208 Å². The van der Waals surface area contributed by atoms with Crippen LogP contribution in [0.1, 0.15) is 119 Å². The Labute approximate surface area is 651 Å². The normalized spacial score (nSPS) is 38.8. The summed E-state index contributed by atoms with van der Waals surface area (Å²) in [5.74, 6) is -1.59. The van der Waals surface area contributed by atoms with Gasteiger partial charge < -0.3 is 125 Å². The van der Waals surface area contributed by atoms with Crippen LogP contribution < -0.4 is 38.9 Å². The fourth-order valence-corrected chi connectivity index (χ4v) is 16.1. The Kier molecular flexibility index (Phi) is 30.7. The van der Waals surface area contributed by atoms with E-state index in [0.29, 0.717) is 17.9 Å². The Morgan fingerprint density at radius 2 is 1.01 bits per heavy atom. The average molecular weight is 1580 g/mol. The van der Waals surface area contributed by atoms with Gasteiger partial charge >= 0.3 is 30.2 Å². The average Bonchev–Trinajstić information content (AvgIpc) is 1.42. The highest BCUT2D eigenvalue weighted by atomic mass is 19.1. The lowest BCUT2D eigenvalue weighted by Crippen LogP contribution is -2.69. The molecule has 31 nitrogen and oxygen atoms in total. The molecule has 2 aliphatic carbocycles. The molecule has 3 amide bonds. The number of nitrogens with two attached hydrogens (primary N) is 4. The molecule has 4 aromatic carbocycles. The Morgan fingerprint density at radius 3 is 1.59 bits per heavy atom. The van der Waals surface area contributed by atoms with Crippen molar-refractivity contribution in [3.63, 3.8) is 0 Å². The third-order valence-corrected chi connectivity index (χ3v) is 22.0. The molecule has 14 N–H and O–H groups in total. The van der Waals surface area contributed by atoms with Gasteiger partial charge in [-0.05, 0) is 93.3 Å². The maximum Gasteiger partial charge on any atom is 0.410 e. The third kappa shape index (κ3) is 20.3. The Morgan fingerprint density at radius 1 is 0.518 bits per heavy atom. The predicted octanol–water partition coefficient (Wildman–Crippen LogP) is 5.23. The Bertz CT molecular complexity index is 3640. The van der Waals surface area contributed by atoms with E-state index in [9.17, 15) is 39.3 Å². The van der Waals surface area contributed by atoms with E-state index in [4.69, 9.17) is 94.0 Å². The lowest BCUT2D eigenvalue weighted by atomic mass is 9.83. The van der Waals surface area contributed by atoms with Crippen LogP contribution >= 0.6 is 0 Å². The van der Waals surface area contributed by atoms with Gasteiger partial charge in [-0.15, -0.1) is 0 Å². The first-order valence-corrected chi connectivity index (χ1v) is 37.8. The number of hydrogen-bond acceptors (Lipinski definition) is 28. The SMILES string of the molecule is C.C.CCC1O[C@H](OC2O[C@H]3CC(C)[C@@H](O[C@@H]4C(NC(=O)OCc5ccccc5)C[C@@H](NC(=O)OCc5ccccc5)C(OC(=O)c5ccccc5)[C@H]4F)OC3C3OC(=O)N(C)C23)C(C)C[C@@H]1C.CNC1C(O[C@H]2OC(CO)[C@@H](N)CC2O)O[C@H]2CC(N)[C@@H](O[C@@H]3C(N)C[C@@H](N)C(OC(=O)c4ccccc4)[C@H]3F)OC2C1O. The van der Waals surface area contributed by atoms with E-state index in [1.165, 1.54) is 17.0 Å². The maximum atomic E-state index is 17.6. The van der Waals surface area contributed by atoms with Gasteiger partial charge in [0.05, 0.1) is 66.3 Å². The zero-order valence-corrected chi connectivity index (χ0v) is 62.1. The van der Waals surface area contributed by atoms with Gasteiger partial charge in [0.2, 0.25) is 0 Å². The summed E-state index contributed by atoms with van der Waals surface area (Å²) in [5, 5.41) is 39.7. The van der Waals surface area contributed by atoms with E-state index in [0.717, 1.165) is 18.4 Å². The highest BCUT2D eigenvalue weighted by molar-refractivity contribution is 5.90. The van der Waals surface area contributed by atoms with Gasteiger partial charge in [0.25, 0.3) is 0 Å². The molecular weight excluding hydrogens is 1470 g/mol. The van der Waals surface area contributed by atoms with Crippen LogP contribution in [0.25, 0.3) is 0 Å². The quantitative estimate of drug-likeness (QED) is 0.0377. The highest BCUT2D eigenvalue weighted by Gasteiger charge is 2.62. The minimum Gasteiger partial charge on any atom is -0.454 e. The van der Waals surface area contributed by atoms with Gasteiger partial charge in [0.1, 0.15) is 55.9 Å². The van der Waals surface area contributed by atoms with Gasteiger partial charge in [-0.3, -0.25) is 4.90 Å². The summed E-state index contributed by atoms with van der Waals surface area (Å²) in [5.41, 5.74) is 26.5. The van der Waals surface area contributed by atoms with Gasteiger partial charge in [-0.25, -0.2) is 32.8 Å². The van der Waals surface area contributed by atoms with Crippen molar-refractivity contribution in [2.45, 2.75) is 278 Å². The van der Waals surface area contributed by atoms with Crippen molar-refractivity contribution in [1.29, 1.82) is 0 Å². The molecule has 9 fully saturated rings. The number of nitrogens with zero attached hydrogens (tertiary/aromatic N) is 1. The van der Waals surface area contributed by atoms with E-state index in [-0.39, 0.29) is 83.5 Å². The van der Waals surface area contributed by atoms with Crippen molar-refractivity contribution in [2.24, 2.45) is 40.7 Å². The number of fused-ring (bicyclic) bond motifs is 4. The molecule has 9 aliphatic rings. The van der Waals surface area contributed by atoms with Gasteiger partial charge in [0.15, 0.2) is 68.4 Å². The molecule has 18 unspecified atom stereocenters. The molecule has 7 aliphatic heterocycles. The smallest absolute Gasteiger partial charge is 0.410 e. The lowest BCUT2D eigenvalue weighted by Gasteiger charge is -2.51. The van der Waals surface area contributed by atoms with Crippen LogP contribution in [0.4, 0.5) is 23.2 Å². The van der Waals surface area contributed by atoms with Crippen LogP contribution in [0.5, 0.6) is 0 Å². The summed E-state index contributed by atoms with van der Waals surface area (Å²) in [6.45, 7) is 7.64. The molecule has 620 valence electrons. The van der Waals surface area contributed by atoms with Crippen molar-refractivity contribution in [1.82, 2.24) is 20.9 Å².